The molecule has 0 spiro atoms. The molecule has 72 valence electrons. The van der Waals surface area contributed by atoms with Gasteiger partial charge in [-0.25, -0.2) is 8.42 Å². The maximum Gasteiger partial charge on any atom is 0.248 e. The highest BCUT2D eigenvalue weighted by Gasteiger charge is 2.25. The molecule has 0 radical (unpaired) electrons. The van der Waals surface area contributed by atoms with Crippen molar-refractivity contribution >= 4 is 10.0 Å². The molecular formula is C7H6N4O2S. The Bertz CT molecular complexity index is 421. The van der Waals surface area contributed by atoms with E-state index in [1.54, 1.807) is 0 Å². The fourth-order valence-corrected chi connectivity index (χ4v) is 0.785. The van der Waals surface area contributed by atoms with Gasteiger partial charge in [0.2, 0.25) is 15.4 Å². The summed E-state index contributed by atoms with van der Waals surface area (Å²) < 4.78 is 23.1. The SMILES string of the molecule is CS(=O)(=O)NC=CC(C#N)(C#N)C#N. The van der Waals surface area contributed by atoms with Gasteiger partial charge < -0.3 is 0 Å². The van der Waals surface area contributed by atoms with Crippen LogP contribution in [0.5, 0.6) is 0 Å². The van der Waals surface area contributed by atoms with Gasteiger partial charge in [-0.1, -0.05) is 0 Å². The smallest absolute Gasteiger partial charge is 0.248 e. The van der Waals surface area contributed by atoms with E-state index in [0.717, 1.165) is 18.5 Å². The van der Waals surface area contributed by atoms with E-state index in [1.165, 1.54) is 18.2 Å². The molecule has 0 aliphatic rings. The number of nitrogens with zero attached hydrogens (tertiary/aromatic N) is 3. The first-order valence-corrected chi connectivity index (χ1v) is 5.17. The molecule has 0 atom stereocenters. The largest absolute Gasteiger partial charge is 0.291 e. The van der Waals surface area contributed by atoms with Crippen LogP contribution in [0.2, 0.25) is 0 Å². The second-order valence-electron chi connectivity index (χ2n) is 2.37. The summed E-state index contributed by atoms with van der Waals surface area (Å²) in [7, 11) is -3.44. The topological polar surface area (TPSA) is 118 Å². The van der Waals surface area contributed by atoms with E-state index >= 15 is 0 Å². The lowest BCUT2D eigenvalue weighted by Crippen LogP contribution is -2.17. The van der Waals surface area contributed by atoms with Crippen LogP contribution >= 0.6 is 0 Å². The molecule has 14 heavy (non-hydrogen) atoms. The zero-order chi connectivity index (χ0) is 11.2. The molecular weight excluding hydrogens is 204 g/mol. The molecule has 0 heterocycles. The zero-order valence-electron chi connectivity index (χ0n) is 7.22. The summed E-state index contributed by atoms with van der Waals surface area (Å²) >= 11 is 0. The van der Waals surface area contributed by atoms with Gasteiger partial charge in [-0.05, 0) is 6.08 Å². The van der Waals surface area contributed by atoms with Crippen LogP contribution in [0.1, 0.15) is 0 Å². The third-order valence-electron chi connectivity index (χ3n) is 1.14. The predicted molar refractivity (Wildman–Crippen MR) is 46.4 cm³/mol. The van der Waals surface area contributed by atoms with Gasteiger partial charge in [0.15, 0.2) is 0 Å². The van der Waals surface area contributed by atoms with Gasteiger partial charge >= 0.3 is 0 Å². The Labute approximate surface area is 81.7 Å². The normalized spacial score (nSPS) is 11.3. The van der Waals surface area contributed by atoms with Crippen molar-refractivity contribution in [3.8, 4) is 18.2 Å². The van der Waals surface area contributed by atoms with Gasteiger partial charge in [0, 0.05) is 6.20 Å². The molecule has 6 nitrogen and oxygen atoms in total. The lowest BCUT2D eigenvalue weighted by molar-refractivity contribution is 0.596. The summed E-state index contributed by atoms with van der Waals surface area (Å²) in [4.78, 5) is 0. The highest BCUT2D eigenvalue weighted by atomic mass is 32.2. The second kappa shape index (κ2) is 4.27. The van der Waals surface area contributed by atoms with Crippen LogP contribution in [-0.4, -0.2) is 14.7 Å². The Kier molecular flexibility index (Phi) is 3.65. The Morgan fingerprint density at radius 3 is 1.93 bits per heavy atom. The monoisotopic (exact) mass is 210 g/mol. The van der Waals surface area contributed by atoms with Crippen molar-refractivity contribution in [2.24, 2.45) is 5.41 Å². The van der Waals surface area contributed by atoms with Crippen molar-refractivity contribution in [2.75, 3.05) is 6.26 Å². The van der Waals surface area contributed by atoms with Crippen LogP contribution in [0.3, 0.4) is 0 Å². The number of hydrogen-bond acceptors (Lipinski definition) is 5. The minimum Gasteiger partial charge on any atom is -0.291 e. The van der Waals surface area contributed by atoms with Crippen molar-refractivity contribution in [2.45, 2.75) is 0 Å². The summed E-state index contributed by atoms with van der Waals surface area (Å²) in [5.74, 6) is 0. The van der Waals surface area contributed by atoms with Gasteiger partial charge in [0.05, 0.1) is 6.26 Å². The minimum atomic E-state index is -3.44. The van der Waals surface area contributed by atoms with E-state index in [9.17, 15) is 8.42 Å². The standard InChI is InChI=1S/C7H6N4O2S/c1-14(12,13)11-3-2-7(4-8,5-9)6-10/h2-3,11H,1H3. The maximum absolute atomic E-state index is 10.6. The predicted octanol–water partition coefficient (Wildman–Crippen LogP) is -0.394. The quantitative estimate of drug-likeness (QED) is 0.680. The van der Waals surface area contributed by atoms with Crippen LogP contribution in [0.25, 0.3) is 0 Å². The molecule has 0 aliphatic carbocycles. The summed E-state index contributed by atoms with van der Waals surface area (Å²) in [6.45, 7) is 0. The molecule has 0 saturated carbocycles. The van der Waals surface area contributed by atoms with Crippen LogP contribution < -0.4 is 4.72 Å². The van der Waals surface area contributed by atoms with E-state index in [1.807, 2.05) is 4.72 Å². The van der Waals surface area contributed by atoms with Crippen molar-refractivity contribution in [1.82, 2.24) is 4.72 Å². The van der Waals surface area contributed by atoms with Gasteiger partial charge in [0.25, 0.3) is 0 Å². The van der Waals surface area contributed by atoms with E-state index in [4.69, 9.17) is 15.8 Å². The van der Waals surface area contributed by atoms with Gasteiger partial charge in [0.1, 0.15) is 18.2 Å². The van der Waals surface area contributed by atoms with E-state index in [0.29, 0.717) is 0 Å². The van der Waals surface area contributed by atoms with E-state index < -0.39 is 15.4 Å². The molecule has 0 aromatic heterocycles. The van der Waals surface area contributed by atoms with E-state index in [-0.39, 0.29) is 0 Å². The van der Waals surface area contributed by atoms with Crippen molar-refractivity contribution in [1.29, 1.82) is 15.8 Å². The van der Waals surface area contributed by atoms with Crippen molar-refractivity contribution < 1.29 is 8.42 Å². The Hall–Kier alpha value is -2.04. The molecule has 0 amide bonds. The molecule has 0 aromatic rings. The Balaban J connectivity index is 4.79. The van der Waals surface area contributed by atoms with Crippen LogP contribution in [0.4, 0.5) is 0 Å². The lowest BCUT2D eigenvalue weighted by Gasteiger charge is -2.01. The maximum atomic E-state index is 10.6. The first-order chi connectivity index (χ1) is 6.39. The fourth-order valence-electron chi connectivity index (χ4n) is 0.469. The number of nitrogens with one attached hydrogen (secondary N) is 1. The number of nitriles is 3. The zero-order valence-corrected chi connectivity index (χ0v) is 8.04. The van der Waals surface area contributed by atoms with Crippen LogP contribution in [0, 0.1) is 39.4 Å². The average molecular weight is 210 g/mol. The fraction of sp³-hybridized carbons (Fsp3) is 0.286. The summed E-state index contributed by atoms with van der Waals surface area (Å²) in [5, 5.41) is 25.4. The van der Waals surface area contributed by atoms with E-state index in [2.05, 4.69) is 0 Å². The lowest BCUT2D eigenvalue weighted by atomic mass is 9.94. The molecule has 0 aliphatic heterocycles. The molecule has 1 N–H and O–H groups in total. The number of sulfonamides is 1. The molecule has 0 unspecified atom stereocenters. The minimum absolute atomic E-state index is 0.880. The first-order valence-electron chi connectivity index (χ1n) is 3.28. The molecule has 0 rings (SSSR count). The average Bonchev–Trinajstić information content (AvgIpc) is 2.11. The van der Waals surface area contributed by atoms with Crippen LogP contribution in [0.15, 0.2) is 12.3 Å². The molecule has 7 heteroatoms. The molecule has 0 saturated heterocycles. The molecule has 0 aromatic carbocycles. The second-order valence-corrected chi connectivity index (χ2v) is 4.15. The third-order valence-corrected chi connectivity index (χ3v) is 1.71. The summed E-state index contributed by atoms with van der Waals surface area (Å²) in [5.41, 5.74) is -1.95. The number of allylic oxidation sites excluding steroid dienone is 1. The van der Waals surface area contributed by atoms with Gasteiger partial charge in [-0.3, -0.25) is 4.72 Å². The molecule has 0 fully saturated rings. The third kappa shape index (κ3) is 3.57. The molecule has 0 bridgehead atoms. The van der Waals surface area contributed by atoms with Gasteiger partial charge in [-0.2, -0.15) is 15.8 Å². The summed E-state index contributed by atoms with van der Waals surface area (Å²) in [6.07, 6.45) is 2.67. The van der Waals surface area contributed by atoms with Crippen molar-refractivity contribution in [3.05, 3.63) is 12.3 Å². The van der Waals surface area contributed by atoms with Crippen molar-refractivity contribution in [3.63, 3.8) is 0 Å². The Morgan fingerprint density at radius 2 is 1.64 bits per heavy atom. The first kappa shape index (κ1) is 12.0. The number of hydrogen-bond donors (Lipinski definition) is 1. The highest BCUT2D eigenvalue weighted by Crippen LogP contribution is 2.14. The number of rotatable bonds is 3. The Morgan fingerprint density at radius 1 is 1.21 bits per heavy atom. The van der Waals surface area contributed by atoms with Crippen LogP contribution in [-0.2, 0) is 10.0 Å². The highest BCUT2D eigenvalue weighted by molar-refractivity contribution is 7.88. The van der Waals surface area contributed by atoms with Gasteiger partial charge in [-0.15, -0.1) is 0 Å². The summed E-state index contributed by atoms with van der Waals surface area (Å²) in [6, 6.07) is 4.37.